The third-order valence-corrected chi connectivity index (χ3v) is 4.87. The fraction of sp³-hybridized carbons (Fsp3) is 0.238. The largest absolute Gasteiger partial charge is 0.353 e. The number of benzene rings is 2. The maximum Gasteiger partial charge on any atom is 0.254 e. The van der Waals surface area contributed by atoms with Crippen molar-refractivity contribution >= 4 is 22.6 Å². The molecule has 0 saturated carbocycles. The number of para-hydroxylation sites is 1. The van der Waals surface area contributed by atoms with Crippen molar-refractivity contribution in [1.29, 1.82) is 0 Å². The first-order chi connectivity index (χ1) is 12.6. The molecule has 132 valence electrons. The van der Waals surface area contributed by atoms with Crippen LogP contribution in [0.3, 0.4) is 0 Å². The van der Waals surface area contributed by atoms with Crippen LogP contribution in [0.15, 0.2) is 54.6 Å². The number of piperazine rings is 1. The average molecular weight is 349 g/mol. The zero-order valence-electron chi connectivity index (χ0n) is 14.7. The molecular formula is C21H20FN3O. The monoisotopic (exact) mass is 349 g/mol. The van der Waals surface area contributed by atoms with Crippen LogP contribution in [0.2, 0.25) is 0 Å². The van der Waals surface area contributed by atoms with Gasteiger partial charge in [0, 0.05) is 37.1 Å². The Morgan fingerprint density at radius 3 is 2.54 bits per heavy atom. The number of pyridine rings is 1. The van der Waals surface area contributed by atoms with Crippen LogP contribution < -0.4 is 4.90 Å². The second kappa shape index (κ2) is 6.75. The molecule has 0 N–H and O–H groups in total. The van der Waals surface area contributed by atoms with Gasteiger partial charge in [0.2, 0.25) is 0 Å². The number of aromatic nitrogens is 1. The fourth-order valence-electron chi connectivity index (χ4n) is 3.44. The molecular weight excluding hydrogens is 329 g/mol. The van der Waals surface area contributed by atoms with Crippen LogP contribution in [0.25, 0.3) is 10.9 Å². The first kappa shape index (κ1) is 16.5. The van der Waals surface area contributed by atoms with Gasteiger partial charge >= 0.3 is 0 Å². The smallest absolute Gasteiger partial charge is 0.254 e. The number of carbonyl (C=O) groups excluding carboxylic acids is 1. The van der Waals surface area contributed by atoms with E-state index in [-0.39, 0.29) is 11.7 Å². The van der Waals surface area contributed by atoms with Crippen molar-refractivity contribution in [1.82, 2.24) is 9.88 Å². The number of hydrogen-bond donors (Lipinski definition) is 0. The SMILES string of the molecule is Cc1cc(N2CCN(C(=O)c3cccc(F)c3)CC2)nc2ccccc12. The molecule has 0 unspecified atom stereocenters. The lowest BCUT2D eigenvalue weighted by atomic mass is 10.1. The van der Waals surface area contributed by atoms with Crippen LogP contribution in [0.5, 0.6) is 0 Å². The number of hydrogen-bond acceptors (Lipinski definition) is 3. The van der Waals surface area contributed by atoms with E-state index in [1.165, 1.54) is 17.7 Å². The molecule has 0 aliphatic carbocycles. The summed E-state index contributed by atoms with van der Waals surface area (Å²) in [5.74, 6) is 0.441. The highest BCUT2D eigenvalue weighted by molar-refractivity contribution is 5.94. The topological polar surface area (TPSA) is 36.4 Å². The number of halogens is 1. The van der Waals surface area contributed by atoms with E-state index in [1.807, 2.05) is 18.2 Å². The molecule has 2 heterocycles. The van der Waals surface area contributed by atoms with E-state index in [1.54, 1.807) is 17.0 Å². The maximum atomic E-state index is 13.4. The van der Waals surface area contributed by atoms with Crippen LogP contribution >= 0.6 is 0 Å². The summed E-state index contributed by atoms with van der Waals surface area (Å²) in [5, 5.41) is 1.16. The number of rotatable bonds is 2. The predicted octanol–water partition coefficient (Wildman–Crippen LogP) is 3.64. The Balaban J connectivity index is 1.49. The first-order valence-corrected chi connectivity index (χ1v) is 8.78. The van der Waals surface area contributed by atoms with E-state index in [2.05, 4.69) is 24.0 Å². The third kappa shape index (κ3) is 3.12. The minimum absolute atomic E-state index is 0.119. The normalized spacial score (nSPS) is 14.7. The van der Waals surface area contributed by atoms with Crippen molar-refractivity contribution in [2.24, 2.45) is 0 Å². The molecule has 26 heavy (non-hydrogen) atoms. The highest BCUT2D eigenvalue weighted by Crippen LogP contribution is 2.23. The molecule has 1 amide bonds. The van der Waals surface area contributed by atoms with Gasteiger partial charge in [0.05, 0.1) is 5.52 Å². The van der Waals surface area contributed by atoms with Gasteiger partial charge in [0.15, 0.2) is 0 Å². The zero-order valence-corrected chi connectivity index (χ0v) is 14.7. The summed E-state index contributed by atoms with van der Waals surface area (Å²) in [6.45, 7) is 4.72. The predicted molar refractivity (Wildman–Crippen MR) is 101 cm³/mol. The Labute approximate surface area is 151 Å². The Hall–Kier alpha value is -2.95. The number of carbonyl (C=O) groups is 1. The van der Waals surface area contributed by atoms with Crippen LogP contribution in [0, 0.1) is 12.7 Å². The maximum absolute atomic E-state index is 13.4. The summed E-state index contributed by atoms with van der Waals surface area (Å²) in [6.07, 6.45) is 0. The molecule has 1 aliphatic rings. The summed E-state index contributed by atoms with van der Waals surface area (Å²) >= 11 is 0. The molecule has 1 aromatic heterocycles. The molecule has 1 aliphatic heterocycles. The van der Waals surface area contributed by atoms with Gasteiger partial charge in [-0.25, -0.2) is 9.37 Å². The van der Waals surface area contributed by atoms with Crippen molar-refractivity contribution in [3.05, 3.63) is 71.5 Å². The number of fused-ring (bicyclic) bond motifs is 1. The highest BCUT2D eigenvalue weighted by atomic mass is 19.1. The molecule has 0 atom stereocenters. The van der Waals surface area contributed by atoms with Gasteiger partial charge in [-0.15, -0.1) is 0 Å². The molecule has 1 saturated heterocycles. The van der Waals surface area contributed by atoms with Gasteiger partial charge < -0.3 is 9.80 Å². The lowest BCUT2D eigenvalue weighted by Crippen LogP contribution is -2.49. The molecule has 0 spiro atoms. The summed E-state index contributed by atoms with van der Waals surface area (Å²) in [7, 11) is 0. The molecule has 4 nitrogen and oxygen atoms in total. The van der Waals surface area contributed by atoms with E-state index < -0.39 is 0 Å². The quantitative estimate of drug-likeness (QED) is 0.709. The van der Waals surface area contributed by atoms with E-state index in [0.717, 1.165) is 16.7 Å². The van der Waals surface area contributed by atoms with Gasteiger partial charge in [-0.3, -0.25) is 4.79 Å². The summed E-state index contributed by atoms with van der Waals surface area (Å²) < 4.78 is 13.4. The van der Waals surface area contributed by atoms with E-state index in [4.69, 9.17) is 4.98 Å². The molecule has 3 aromatic rings. The van der Waals surface area contributed by atoms with Gasteiger partial charge in [-0.05, 0) is 42.8 Å². The molecule has 0 radical (unpaired) electrons. The summed E-state index contributed by atoms with van der Waals surface area (Å²) in [6, 6.07) is 16.1. The molecule has 4 rings (SSSR count). The lowest BCUT2D eigenvalue weighted by Gasteiger charge is -2.35. The first-order valence-electron chi connectivity index (χ1n) is 8.78. The standard InChI is InChI=1S/C21H20FN3O/c1-15-13-20(23-19-8-3-2-7-18(15)19)24-9-11-25(12-10-24)21(26)16-5-4-6-17(22)14-16/h2-8,13-14H,9-12H2,1H3. The van der Waals surface area contributed by atoms with Gasteiger partial charge in [-0.2, -0.15) is 0 Å². The van der Waals surface area contributed by atoms with Gasteiger partial charge in [0.1, 0.15) is 11.6 Å². The van der Waals surface area contributed by atoms with Gasteiger partial charge in [0.25, 0.3) is 5.91 Å². The van der Waals surface area contributed by atoms with Crippen LogP contribution in [0.4, 0.5) is 10.2 Å². The van der Waals surface area contributed by atoms with Crippen molar-refractivity contribution in [3.63, 3.8) is 0 Å². The lowest BCUT2D eigenvalue weighted by molar-refractivity contribution is 0.0746. The minimum Gasteiger partial charge on any atom is -0.353 e. The van der Waals surface area contributed by atoms with Gasteiger partial charge in [-0.1, -0.05) is 24.3 Å². The molecule has 2 aromatic carbocycles. The fourth-order valence-corrected chi connectivity index (χ4v) is 3.44. The van der Waals surface area contributed by atoms with Crippen molar-refractivity contribution < 1.29 is 9.18 Å². The highest BCUT2D eigenvalue weighted by Gasteiger charge is 2.23. The Kier molecular flexibility index (Phi) is 4.29. The molecule has 1 fully saturated rings. The zero-order chi connectivity index (χ0) is 18.1. The van der Waals surface area contributed by atoms with Crippen LogP contribution in [0.1, 0.15) is 15.9 Å². The Bertz CT molecular complexity index is 964. The number of aryl methyl sites for hydroxylation is 1. The second-order valence-electron chi connectivity index (χ2n) is 6.60. The second-order valence-corrected chi connectivity index (χ2v) is 6.60. The molecule has 5 heteroatoms. The number of nitrogens with zero attached hydrogens (tertiary/aromatic N) is 3. The van der Waals surface area contributed by atoms with Crippen molar-refractivity contribution in [2.75, 3.05) is 31.1 Å². The number of amides is 1. The van der Waals surface area contributed by atoms with Crippen LogP contribution in [-0.2, 0) is 0 Å². The minimum atomic E-state index is -0.384. The average Bonchev–Trinajstić information content (AvgIpc) is 2.67. The van der Waals surface area contributed by atoms with E-state index >= 15 is 0 Å². The van der Waals surface area contributed by atoms with E-state index in [9.17, 15) is 9.18 Å². The van der Waals surface area contributed by atoms with Crippen molar-refractivity contribution in [2.45, 2.75) is 6.92 Å². The van der Waals surface area contributed by atoms with E-state index in [0.29, 0.717) is 31.7 Å². The van der Waals surface area contributed by atoms with Crippen LogP contribution in [-0.4, -0.2) is 42.0 Å². The third-order valence-electron chi connectivity index (χ3n) is 4.87. The van der Waals surface area contributed by atoms with Crippen molar-refractivity contribution in [3.8, 4) is 0 Å². The number of anilines is 1. The Morgan fingerprint density at radius 2 is 1.77 bits per heavy atom. The summed E-state index contributed by atoms with van der Waals surface area (Å²) in [5.41, 5.74) is 2.59. The Morgan fingerprint density at radius 1 is 1.00 bits per heavy atom. The summed E-state index contributed by atoms with van der Waals surface area (Å²) in [4.78, 5) is 21.3. The molecule has 0 bridgehead atoms.